The number of aliphatic hydroxyl groups excluding tert-OH is 1. The first-order valence-corrected chi connectivity index (χ1v) is 7.55. The van der Waals surface area contributed by atoms with Crippen LogP contribution in [0.3, 0.4) is 0 Å². The summed E-state index contributed by atoms with van der Waals surface area (Å²) in [7, 11) is 0. The van der Waals surface area contributed by atoms with Gasteiger partial charge < -0.3 is 10.2 Å². The maximum absolute atomic E-state index is 12.8. The summed E-state index contributed by atoms with van der Waals surface area (Å²) in [5.74, 6) is -0.886. The van der Waals surface area contributed by atoms with Gasteiger partial charge in [0.05, 0.1) is 0 Å². The molecule has 0 spiro atoms. The van der Waals surface area contributed by atoms with E-state index >= 15 is 0 Å². The lowest BCUT2D eigenvalue weighted by atomic mass is 9.95. The minimum absolute atomic E-state index is 0.179. The second-order valence-corrected chi connectivity index (χ2v) is 5.85. The average molecular weight is 322 g/mol. The van der Waals surface area contributed by atoms with E-state index in [-0.39, 0.29) is 17.0 Å². The number of allylic oxidation sites excluding steroid dienone is 1. The molecule has 0 aromatic heterocycles. The number of aliphatic hydroxyl groups is 2. The zero-order valence-electron chi connectivity index (χ0n) is 13.4. The molecule has 1 unspecified atom stereocenters. The molecule has 1 fully saturated rings. The molecule has 2 aromatic carbocycles. The van der Waals surface area contributed by atoms with E-state index in [1.54, 1.807) is 42.5 Å². The zero-order chi connectivity index (χ0) is 17.5. The molecule has 0 radical (unpaired) electrons. The fraction of sp³-hybridized carbons (Fsp3) is 0.158. The van der Waals surface area contributed by atoms with Crippen molar-refractivity contribution in [2.75, 3.05) is 4.90 Å². The van der Waals surface area contributed by atoms with Crippen LogP contribution in [0.25, 0.3) is 0 Å². The SMILES string of the molecule is C/C(O)=C1/C(=N)C(O)(c2ccc(C)cc2)N(c2ccccc2)C1=O. The molecular formula is C19H18N2O3. The Bertz CT molecular complexity index is 837. The first-order chi connectivity index (χ1) is 11.4. The van der Waals surface area contributed by atoms with E-state index in [9.17, 15) is 15.0 Å². The fourth-order valence-electron chi connectivity index (χ4n) is 2.93. The Kier molecular flexibility index (Phi) is 3.73. The zero-order valence-corrected chi connectivity index (χ0v) is 13.4. The number of para-hydroxylation sites is 1. The monoisotopic (exact) mass is 322 g/mol. The van der Waals surface area contributed by atoms with Crippen LogP contribution < -0.4 is 4.90 Å². The Labute approximate surface area is 140 Å². The molecule has 1 atom stereocenters. The molecule has 0 aliphatic carbocycles. The van der Waals surface area contributed by atoms with Crippen LogP contribution in [0.5, 0.6) is 0 Å². The first-order valence-electron chi connectivity index (χ1n) is 7.55. The quantitative estimate of drug-likeness (QED) is 0.587. The molecule has 2 aromatic rings. The number of carbonyl (C=O) groups is 1. The van der Waals surface area contributed by atoms with Crippen LogP contribution in [0.15, 0.2) is 65.9 Å². The Morgan fingerprint density at radius 3 is 2.21 bits per heavy atom. The van der Waals surface area contributed by atoms with Gasteiger partial charge in [-0.05, 0) is 26.0 Å². The molecule has 1 aliphatic rings. The highest BCUT2D eigenvalue weighted by molar-refractivity contribution is 6.35. The van der Waals surface area contributed by atoms with Crippen molar-refractivity contribution in [3.8, 4) is 0 Å². The van der Waals surface area contributed by atoms with E-state index in [4.69, 9.17) is 5.41 Å². The maximum atomic E-state index is 12.8. The van der Waals surface area contributed by atoms with Gasteiger partial charge in [-0.25, -0.2) is 0 Å². The van der Waals surface area contributed by atoms with Gasteiger partial charge in [0.2, 0.25) is 5.72 Å². The number of amides is 1. The average Bonchev–Trinajstić information content (AvgIpc) is 2.76. The Balaban J connectivity index is 2.27. The van der Waals surface area contributed by atoms with Gasteiger partial charge in [0, 0.05) is 11.3 Å². The van der Waals surface area contributed by atoms with E-state index in [1.165, 1.54) is 6.92 Å². The molecule has 1 aliphatic heterocycles. The van der Waals surface area contributed by atoms with Crippen molar-refractivity contribution in [3.63, 3.8) is 0 Å². The summed E-state index contributed by atoms with van der Waals surface area (Å²) in [6.07, 6.45) is 0. The fourth-order valence-corrected chi connectivity index (χ4v) is 2.93. The summed E-state index contributed by atoms with van der Waals surface area (Å²) in [4.78, 5) is 14.0. The second-order valence-electron chi connectivity index (χ2n) is 5.85. The minimum atomic E-state index is -1.97. The predicted molar refractivity (Wildman–Crippen MR) is 92.1 cm³/mol. The molecule has 122 valence electrons. The largest absolute Gasteiger partial charge is 0.512 e. The molecule has 0 bridgehead atoms. The molecule has 1 heterocycles. The number of nitrogens with one attached hydrogen (secondary N) is 1. The lowest BCUT2D eigenvalue weighted by Gasteiger charge is -2.33. The maximum Gasteiger partial charge on any atom is 0.266 e. The van der Waals surface area contributed by atoms with E-state index in [1.807, 2.05) is 19.1 Å². The molecule has 5 nitrogen and oxygen atoms in total. The molecule has 3 rings (SSSR count). The van der Waals surface area contributed by atoms with Gasteiger partial charge in [0.1, 0.15) is 17.0 Å². The summed E-state index contributed by atoms with van der Waals surface area (Å²) in [5.41, 5.74) is -0.635. The summed E-state index contributed by atoms with van der Waals surface area (Å²) in [6, 6.07) is 15.6. The molecule has 5 heteroatoms. The number of aryl methyl sites for hydroxylation is 1. The standard InChI is InChI=1S/C19H18N2O3/c1-12-8-10-14(11-9-12)19(24)17(20)16(13(2)22)18(23)21(19)15-6-4-3-5-7-15/h3-11,20,22,24H,1-2H3/b16-13+,20-17?. The smallest absolute Gasteiger partial charge is 0.266 e. The third-order valence-electron chi connectivity index (χ3n) is 4.17. The van der Waals surface area contributed by atoms with Gasteiger partial charge in [-0.1, -0.05) is 48.0 Å². The van der Waals surface area contributed by atoms with Crippen LogP contribution in [0.1, 0.15) is 18.1 Å². The van der Waals surface area contributed by atoms with Gasteiger partial charge in [0.15, 0.2) is 0 Å². The normalized spacial score (nSPS) is 22.9. The Hall–Kier alpha value is -2.92. The van der Waals surface area contributed by atoms with Gasteiger partial charge in [-0.3, -0.25) is 15.1 Å². The lowest BCUT2D eigenvalue weighted by molar-refractivity contribution is -0.116. The Morgan fingerprint density at radius 2 is 1.67 bits per heavy atom. The number of anilines is 1. The molecule has 1 amide bonds. The lowest BCUT2D eigenvalue weighted by Crippen LogP contribution is -2.47. The molecule has 3 N–H and O–H groups in total. The third kappa shape index (κ3) is 2.21. The van der Waals surface area contributed by atoms with E-state index in [2.05, 4.69) is 0 Å². The number of benzene rings is 2. The number of hydrogen-bond donors (Lipinski definition) is 3. The molecule has 0 saturated carbocycles. The molecule has 24 heavy (non-hydrogen) atoms. The van der Waals surface area contributed by atoms with Gasteiger partial charge in [-0.15, -0.1) is 0 Å². The molecule has 1 saturated heterocycles. The van der Waals surface area contributed by atoms with E-state index < -0.39 is 11.6 Å². The third-order valence-corrected chi connectivity index (χ3v) is 4.17. The summed E-state index contributed by atoms with van der Waals surface area (Å²) in [5, 5.41) is 29.6. The van der Waals surface area contributed by atoms with Gasteiger partial charge in [0.25, 0.3) is 5.91 Å². The van der Waals surface area contributed by atoms with Crippen molar-refractivity contribution in [2.24, 2.45) is 0 Å². The number of rotatable bonds is 2. The van der Waals surface area contributed by atoms with Crippen LogP contribution in [0.4, 0.5) is 5.69 Å². The van der Waals surface area contributed by atoms with Crippen molar-refractivity contribution in [1.29, 1.82) is 5.41 Å². The Morgan fingerprint density at radius 1 is 1.08 bits per heavy atom. The van der Waals surface area contributed by atoms with Crippen molar-refractivity contribution >= 4 is 17.3 Å². The predicted octanol–water partition coefficient (Wildman–Crippen LogP) is 3.04. The van der Waals surface area contributed by atoms with Crippen molar-refractivity contribution in [3.05, 3.63) is 77.1 Å². The highest BCUT2D eigenvalue weighted by atomic mass is 16.3. The van der Waals surface area contributed by atoms with Crippen molar-refractivity contribution < 1.29 is 15.0 Å². The number of carbonyl (C=O) groups excluding carboxylic acids is 1. The van der Waals surface area contributed by atoms with Crippen LogP contribution in [-0.2, 0) is 10.5 Å². The van der Waals surface area contributed by atoms with E-state index in [0.717, 1.165) is 10.5 Å². The highest BCUT2D eigenvalue weighted by Gasteiger charge is 2.55. The van der Waals surface area contributed by atoms with Crippen LogP contribution >= 0.6 is 0 Å². The van der Waals surface area contributed by atoms with Crippen LogP contribution in [0, 0.1) is 12.3 Å². The van der Waals surface area contributed by atoms with Crippen LogP contribution in [-0.4, -0.2) is 21.8 Å². The number of nitrogens with zero attached hydrogens (tertiary/aromatic N) is 1. The summed E-state index contributed by atoms with van der Waals surface area (Å²) in [6.45, 7) is 3.25. The van der Waals surface area contributed by atoms with Crippen LogP contribution in [0.2, 0.25) is 0 Å². The van der Waals surface area contributed by atoms with E-state index in [0.29, 0.717) is 11.3 Å². The van der Waals surface area contributed by atoms with Crippen molar-refractivity contribution in [2.45, 2.75) is 19.6 Å². The van der Waals surface area contributed by atoms with Crippen molar-refractivity contribution in [1.82, 2.24) is 0 Å². The first kappa shape index (κ1) is 16.0. The number of hydrogen-bond acceptors (Lipinski definition) is 4. The topological polar surface area (TPSA) is 84.6 Å². The minimum Gasteiger partial charge on any atom is -0.512 e. The summed E-state index contributed by atoms with van der Waals surface area (Å²) < 4.78 is 0. The van der Waals surface area contributed by atoms with Gasteiger partial charge >= 0.3 is 0 Å². The second kappa shape index (κ2) is 5.62. The van der Waals surface area contributed by atoms with Gasteiger partial charge in [-0.2, -0.15) is 0 Å². The summed E-state index contributed by atoms with van der Waals surface area (Å²) >= 11 is 0. The highest BCUT2D eigenvalue weighted by Crippen LogP contribution is 2.41. The molecular weight excluding hydrogens is 304 g/mol.